The lowest BCUT2D eigenvalue weighted by Crippen LogP contribution is -2.31. The molecule has 0 spiro atoms. The zero-order chi connectivity index (χ0) is 16.7. The minimum absolute atomic E-state index is 0.164. The van der Waals surface area contributed by atoms with Crippen molar-refractivity contribution in [2.45, 2.75) is 6.61 Å². The molecule has 0 bridgehead atoms. The maximum absolute atomic E-state index is 12.1. The number of methoxy groups -OCH3 is 1. The fourth-order valence-corrected chi connectivity index (χ4v) is 1.90. The first-order chi connectivity index (χ1) is 11.1. The van der Waals surface area contributed by atoms with E-state index in [1.165, 1.54) is 13.2 Å². The van der Waals surface area contributed by atoms with Crippen LogP contribution in [0.15, 0.2) is 48.5 Å². The number of rotatable bonds is 6. The molecule has 6 heteroatoms. The zero-order valence-electron chi connectivity index (χ0n) is 12.7. The largest absolute Gasteiger partial charge is 0.497 e. The number of nitrogens with one attached hydrogen (secondary N) is 1. The molecule has 0 aliphatic carbocycles. The fraction of sp³-hybridized carbons (Fsp3) is 0.176. The standard InChI is InChI=1S/C17H18N2O4/c1-22-13-7-8-15(18)14(9-13)17(21)19-10-16(20)23-11-12-5-3-2-4-6-12/h2-9H,10-11,18H2,1H3,(H,19,21). The van der Waals surface area contributed by atoms with Gasteiger partial charge in [-0.15, -0.1) is 0 Å². The third-order valence-corrected chi connectivity index (χ3v) is 3.14. The summed E-state index contributed by atoms with van der Waals surface area (Å²) < 4.78 is 10.1. The van der Waals surface area contributed by atoms with Crippen LogP contribution in [-0.2, 0) is 16.1 Å². The smallest absolute Gasteiger partial charge is 0.325 e. The van der Waals surface area contributed by atoms with Crippen LogP contribution >= 0.6 is 0 Å². The maximum Gasteiger partial charge on any atom is 0.325 e. The summed E-state index contributed by atoms with van der Waals surface area (Å²) in [6.07, 6.45) is 0. The number of carbonyl (C=O) groups is 2. The lowest BCUT2D eigenvalue weighted by Gasteiger charge is -2.09. The molecule has 0 atom stereocenters. The van der Waals surface area contributed by atoms with Crippen LogP contribution in [0, 0.1) is 0 Å². The van der Waals surface area contributed by atoms with Gasteiger partial charge < -0.3 is 20.5 Å². The molecular weight excluding hydrogens is 296 g/mol. The van der Waals surface area contributed by atoms with Crippen molar-refractivity contribution in [3.05, 3.63) is 59.7 Å². The molecular formula is C17H18N2O4. The number of benzene rings is 2. The average molecular weight is 314 g/mol. The van der Waals surface area contributed by atoms with Gasteiger partial charge in [0.05, 0.1) is 12.7 Å². The van der Waals surface area contributed by atoms with Crippen LogP contribution in [0.5, 0.6) is 5.75 Å². The summed E-state index contributed by atoms with van der Waals surface area (Å²) >= 11 is 0. The van der Waals surface area contributed by atoms with E-state index in [4.69, 9.17) is 15.2 Å². The number of carbonyl (C=O) groups excluding carboxylic acids is 2. The number of nitrogen functional groups attached to an aromatic ring is 1. The van der Waals surface area contributed by atoms with Gasteiger partial charge in [0.15, 0.2) is 0 Å². The molecule has 2 aromatic rings. The molecule has 23 heavy (non-hydrogen) atoms. The zero-order valence-corrected chi connectivity index (χ0v) is 12.7. The van der Waals surface area contributed by atoms with Crippen LogP contribution < -0.4 is 15.8 Å². The van der Waals surface area contributed by atoms with Gasteiger partial charge in [0.2, 0.25) is 0 Å². The SMILES string of the molecule is COc1ccc(N)c(C(=O)NCC(=O)OCc2ccccc2)c1. The molecule has 2 aromatic carbocycles. The first-order valence-electron chi connectivity index (χ1n) is 7.01. The molecule has 0 saturated carbocycles. The van der Waals surface area contributed by atoms with Crippen molar-refractivity contribution in [3.63, 3.8) is 0 Å². The molecule has 0 heterocycles. The lowest BCUT2D eigenvalue weighted by atomic mass is 10.1. The number of anilines is 1. The number of amides is 1. The van der Waals surface area contributed by atoms with Gasteiger partial charge in [0, 0.05) is 5.69 Å². The molecule has 0 radical (unpaired) electrons. The Morgan fingerprint density at radius 1 is 1.13 bits per heavy atom. The molecule has 3 N–H and O–H groups in total. The molecule has 2 rings (SSSR count). The van der Waals surface area contributed by atoms with Gasteiger partial charge in [-0.05, 0) is 23.8 Å². The Morgan fingerprint density at radius 2 is 1.87 bits per heavy atom. The second kappa shape index (κ2) is 7.84. The van der Waals surface area contributed by atoms with Crippen LogP contribution in [-0.4, -0.2) is 25.5 Å². The van der Waals surface area contributed by atoms with Gasteiger partial charge in [-0.1, -0.05) is 30.3 Å². The van der Waals surface area contributed by atoms with Crippen molar-refractivity contribution < 1.29 is 19.1 Å². The molecule has 0 fully saturated rings. The quantitative estimate of drug-likeness (QED) is 0.626. The number of hydrogen-bond acceptors (Lipinski definition) is 5. The summed E-state index contributed by atoms with van der Waals surface area (Å²) in [5.74, 6) is -0.474. The summed E-state index contributed by atoms with van der Waals surface area (Å²) in [6.45, 7) is -0.0703. The molecule has 0 aliphatic rings. The number of esters is 1. The molecule has 0 aliphatic heterocycles. The van der Waals surface area contributed by atoms with Crippen molar-refractivity contribution >= 4 is 17.6 Å². The van der Waals surface area contributed by atoms with E-state index >= 15 is 0 Å². The Hall–Kier alpha value is -3.02. The summed E-state index contributed by atoms with van der Waals surface area (Å²) in [5.41, 5.74) is 7.19. The monoisotopic (exact) mass is 314 g/mol. The number of ether oxygens (including phenoxy) is 2. The van der Waals surface area contributed by atoms with Crippen molar-refractivity contribution in [1.29, 1.82) is 0 Å². The van der Waals surface area contributed by atoms with Gasteiger partial charge in [-0.2, -0.15) is 0 Å². The Balaban J connectivity index is 1.85. The van der Waals surface area contributed by atoms with Crippen molar-refractivity contribution in [2.75, 3.05) is 19.4 Å². The number of hydrogen-bond donors (Lipinski definition) is 2. The van der Waals surface area contributed by atoms with Crippen LogP contribution in [0.4, 0.5) is 5.69 Å². The molecule has 1 amide bonds. The average Bonchev–Trinajstić information content (AvgIpc) is 2.59. The van der Waals surface area contributed by atoms with Crippen LogP contribution in [0.3, 0.4) is 0 Å². The second-order valence-corrected chi connectivity index (χ2v) is 4.78. The second-order valence-electron chi connectivity index (χ2n) is 4.78. The predicted octanol–water partition coefficient (Wildman–Crippen LogP) is 1.75. The lowest BCUT2D eigenvalue weighted by molar-refractivity contribution is -0.143. The van der Waals surface area contributed by atoms with Crippen molar-refractivity contribution in [3.8, 4) is 5.75 Å². The summed E-state index contributed by atoms with van der Waals surface area (Å²) in [5, 5.41) is 2.48. The highest BCUT2D eigenvalue weighted by atomic mass is 16.5. The Bertz CT molecular complexity index is 686. The van der Waals surface area contributed by atoms with Gasteiger partial charge in [0.25, 0.3) is 5.91 Å². The van der Waals surface area contributed by atoms with E-state index in [2.05, 4.69) is 5.32 Å². The molecule has 120 valence electrons. The van der Waals surface area contributed by atoms with Gasteiger partial charge in [0.1, 0.15) is 18.9 Å². The fourth-order valence-electron chi connectivity index (χ4n) is 1.90. The Morgan fingerprint density at radius 3 is 2.57 bits per heavy atom. The van der Waals surface area contributed by atoms with E-state index in [9.17, 15) is 9.59 Å². The Kier molecular flexibility index (Phi) is 5.57. The summed E-state index contributed by atoms with van der Waals surface area (Å²) in [6, 6.07) is 14.0. The van der Waals surface area contributed by atoms with Crippen LogP contribution in [0.2, 0.25) is 0 Å². The minimum atomic E-state index is -0.524. The topological polar surface area (TPSA) is 90.6 Å². The van der Waals surface area contributed by atoms with E-state index in [1.54, 1.807) is 12.1 Å². The molecule has 0 unspecified atom stereocenters. The number of nitrogens with two attached hydrogens (primary N) is 1. The third-order valence-electron chi connectivity index (χ3n) is 3.14. The summed E-state index contributed by atoms with van der Waals surface area (Å²) in [7, 11) is 1.49. The highest BCUT2D eigenvalue weighted by Gasteiger charge is 2.13. The highest BCUT2D eigenvalue weighted by molar-refractivity contribution is 6.00. The van der Waals surface area contributed by atoms with Gasteiger partial charge in [-0.25, -0.2) is 0 Å². The molecule has 6 nitrogen and oxygen atoms in total. The first-order valence-corrected chi connectivity index (χ1v) is 7.01. The van der Waals surface area contributed by atoms with E-state index in [0.29, 0.717) is 11.4 Å². The Labute approximate surface area is 134 Å². The normalized spacial score (nSPS) is 9.96. The highest BCUT2D eigenvalue weighted by Crippen LogP contribution is 2.19. The van der Waals surface area contributed by atoms with Crippen LogP contribution in [0.25, 0.3) is 0 Å². The first kappa shape index (κ1) is 16.4. The van der Waals surface area contributed by atoms with E-state index in [-0.39, 0.29) is 18.7 Å². The van der Waals surface area contributed by atoms with Crippen molar-refractivity contribution in [1.82, 2.24) is 5.32 Å². The van der Waals surface area contributed by atoms with Crippen molar-refractivity contribution in [2.24, 2.45) is 0 Å². The van der Waals surface area contributed by atoms with Gasteiger partial charge in [-0.3, -0.25) is 9.59 Å². The van der Waals surface area contributed by atoms with Crippen LogP contribution in [0.1, 0.15) is 15.9 Å². The van der Waals surface area contributed by atoms with E-state index < -0.39 is 11.9 Å². The van der Waals surface area contributed by atoms with E-state index in [1.807, 2.05) is 30.3 Å². The maximum atomic E-state index is 12.1. The summed E-state index contributed by atoms with van der Waals surface area (Å²) in [4.78, 5) is 23.7. The van der Waals surface area contributed by atoms with Gasteiger partial charge >= 0.3 is 5.97 Å². The van der Waals surface area contributed by atoms with E-state index in [0.717, 1.165) is 5.56 Å². The minimum Gasteiger partial charge on any atom is -0.497 e. The third kappa shape index (κ3) is 4.74. The molecule has 0 aromatic heterocycles. The molecule has 0 saturated heterocycles. The predicted molar refractivity (Wildman–Crippen MR) is 86.0 cm³/mol.